The summed E-state index contributed by atoms with van der Waals surface area (Å²) < 4.78 is 5.58. The van der Waals surface area contributed by atoms with Crippen LogP contribution in [0, 0.1) is 0 Å². The maximum atomic E-state index is 12.5. The summed E-state index contributed by atoms with van der Waals surface area (Å²) in [5, 5.41) is 6.09. The second-order valence-corrected chi connectivity index (χ2v) is 7.94. The number of piperidine rings is 1. The van der Waals surface area contributed by atoms with Crippen molar-refractivity contribution in [1.82, 2.24) is 4.90 Å². The van der Waals surface area contributed by atoms with E-state index in [1.807, 2.05) is 0 Å². The molecule has 0 aliphatic carbocycles. The highest BCUT2D eigenvalue weighted by molar-refractivity contribution is 6.30. The number of amides is 3. The lowest BCUT2D eigenvalue weighted by Gasteiger charge is -2.33. The molecule has 30 heavy (non-hydrogen) atoms. The van der Waals surface area contributed by atoms with Crippen molar-refractivity contribution in [1.29, 1.82) is 0 Å². The summed E-state index contributed by atoms with van der Waals surface area (Å²) in [5.41, 5.74) is 1.86. The second kappa shape index (κ2) is 9.36. The number of halogens is 1. The molecule has 2 heterocycles. The van der Waals surface area contributed by atoms with E-state index in [4.69, 9.17) is 16.3 Å². The monoisotopic (exact) mass is 428 g/mol. The minimum absolute atomic E-state index is 0.0367. The number of nitrogens with one attached hydrogen (secondary N) is 2. The van der Waals surface area contributed by atoms with Crippen LogP contribution in [0.4, 0.5) is 21.9 Å². The molecule has 2 aromatic carbocycles. The molecule has 0 atom stereocenters. The van der Waals surface area contributed by atoms with E-state index >= 15 is 0 Å². The van der Waals surface area contributed by atoms with Crippen molar-refractivity contribution in [2.24, 2.45) is 0 Å². The molecular formula is C22H25ClN4O3. The van der Waals surface area contributed by atoms with Gasteiger partial charge >= 0.3 is 6.03 Å². The molecule has 0 unspecified atom stereocenters. The van der Waals surface area contributed by atoms with Crippen LogP contribution in [0.3, 0.4) is 0 Å². The van der Waals surface area contributed by atoms with Crippen LogP contribution >= 0.6 is 11.6 Å². The zero-order valence-corrected chi connectivity index (χ0v) is 17.5. The Labute approximate surface area is 180 Å². The van der Waals surface area contributed by atoms with Crippen LogP contribution in [0.5, 0.6) is 5.75 Å². The van der Waals surface area contributed by atoms with Crippen molar-refractivity contribution < 1.29 is 14.3 Å². The third-order valence-electron chi connectivity index (χ3n) is 5.33. The molecule has 4 rings (SSSR count). The molecule has 0 spiro atoms. The summed E-state index contributed by atoms with van der Waals surface area (Å²) in [6.07, 6.45) is 3.70. The lowest BCUT2D eigenvalue weighted by atomic mass is 10.1. The Kier molecular flexibility index (Phi) is 6.40. The van der Waals surface area contributed by atoms with Crippen LogP contribution < -0.4 is 20.3 Å². The first-order valence-electron chi connectivity index (χ1n) is 10.2. The van der Waals surface area contributed by atoms with E-state index in [2.05, 4.69) is 15.5 Å². The van der Waals surface area contributed by atoms with Crippen molar-refractivity contribution in [3.05, 3.63) is 47.5 Å². The topological polar surface area (TPSA) is 73.9 Å². The van der Waals surface area contributed by atoms with Crippen LogP contribution in [0.15, 0.2) is 42.5 Å². The number of hydrogen-bond acceptors (Lipinski definition) is 4. The molecule has 1 fully saturated rings. The fraction of sp³-hybridized carbons (Fsp3) is 0.364. The molecule has 3 amide bonds. The third kappa shape index (κ3) is 5.04. The van der Waals surface area contributed by atoms with Gasteiger partial charge in [-0.15, -0.1) is 0 Å². The zero-order valence-electron chi connectivity index (χ0n) is 16.7. The van der Waals surface area contributed by atoms with E-state index in [1.54, 1.807) is 47.4 Å². The van der Waals surface area contributed by atoms with Gasteiger partial charge < -0.3 is 25.2 Å². The minimum Gasteiger partial charge on any atom is -0.482 e. The SMILES string of the molecule is O=C(Nc1cccc(Cl)c1)Nc1ccc2c(c1)N(CCN1CCCCC1)C(=O)CO2. The standard InChI is InChI=1S/C22H25ClN4O3/c23-16-5-4-6-17(13-16)24-22(29)25-18-7-8-20-19(14-18)27(21(28)15-30-20)12-11-26-9-2-1-3-10-26/h4-8,13-14H,1-3,9-12,15H2,(H2,24,25,29). The van der Waals surface area contributed by atoms with Gasteiger partial charge in [0, 0.05) is 29.5 Å². The molecule has 2 aliphatic heterocycles. The molecule has 0 radical (unpaired) electrons. The number of urea groups is 1. The highest BCUT2D eigenvalue weighted by Crippen LogP contribution is 2.34. The lowest BCUT2D eigenvalue weighted by Crippen LogP contribution is -2.44. The van der Waals surface area contributed by atoms with Gasteiger partial charge in [-0.25, -0.2) is 4.79 Å². The van der Waals surface area contributed by atoms with Crippen LogP contribution in [0.2, 0.25) is 5.02 Å². The Balaban J connectivity index is 1.44. The quantitative estimate of drug-likeness (QED) is 0.748. The molecule has 158 valence electrons. The molecular weight excluding hydrogens is 404 g/mol. The molecule has 2 aliphatic rings. The summed E-state index contributed by atoms with van der Waals surface area (Å²) in [6.45, 7) is 3.63. The largest absolute Gasteiger partial charge is 0.482 e. The summed E-state index contributed by atoms with van der Waals surface area (Å²) in [5.74, 6) is 0.578. The van der Waals surface area contributed by atoms with Crippen molar-refractivity contribution in [2.75, 3.05) is 48.3 Å². The van der Waals surface area contributed by atoms with Gasteiger partial charge in [-0.05, 0) is 62.3 Å². The molecule has 0 aromatic heterocycles. The smallest absolute Gasteiger partial charge is 0.323 e. The average Bonchev–Trinajstić information content (AvgIpc) is 2.74. The van der Waals surface area contributed by atoms with E-state index in [9.17, 15) is 9.59 Å². The van der Waals surface area contributed by atoms with E-state index in [0.717, 1.165) is 19.6 Å². The number of carbonyl (C=O) groups is 2. The highest BCUT2D eigenvalue weighted by Gasteiger charge is 2.26. The van der Waals surface area contributed by atoms with E-state index < -0.39 is 0 Å². The first kappa shape index (κ1) is 20.5. The molecule has 0 saturated carbocycles. The maximum absolute atomic E-state index is 12.5. The molecule has 2 N–H and O–H groups in total. The van der Waals surface area contributed by atoms with Gasteiger partial charge in [-0.1, -0.05) is 24.1 Å². The average molecular weight is 429 g/mol. The van der Waals surface area contributed by atoms with Gasteiger partial charge in [0.15, 0.2) is 6.61 Å². The molecule has 0 bridgehead atoms. The molecule has 8 heteroatoms. The first-order valence-corrected chi connectivity index (χ1v) is 10.6. The van der Waals surface area contributed by atoms with Crippen molar-refractivity contribution in [3.8, 4) is 5.75 Å². The fourth-order valence-electron chi connectivity index (χ4n) is 3.81. The maximum Gasteiger partial charge on any atom is 0.323 e. The first-order chi connectivity index (χ1) is 14.6. The van der Waals surface area contributed by atoms with Crippen molar-refractivity contribution in [2.45, 2.75) is 19.3 Å². The number of rotatable bonds is 5. The normalized spacial score (nSPS) is 16.6. The summed E-state index contributed by atoms with van der Waals surface area (Å²) in [4.78, 5) is 29.0. The predicted molar refractivity (Wildman–Crippen MR) is 119 cm³/mol. The summed E-state index contributed by atoms with van der Waals surface area (Å²) in [6, 6.07) is 11.9. The van der Waals surface area contributed by atoms with Crippen LogP contribution in [-0.2, 0) is 4.79 Å². The number of anilines is 3. The number of likely N-dealkylation sites (tertiary alicyclic amines) is 1. The number of nitrogens with zero attached hydrogens (tertiary/aromatic N) is 2. The van der Waals surface area contributed by atoms with Gasteiger partial charge in [-0.2, -0.15) is 0 Å². The minimum atomic E-state index is -0.389. The van der Waals surface area contributed by atoms with Crippen molar-refractivity contribution in [3.63, 3.8) is 0 Å². The molecule has 1 saturated heterocycles. The van der Waals surface area contributed by atoms with Gasteiger partial charge in [0.1, 0.15) is 5.75 Å². The Hall–Kier alpha value is -2.77. The second-order valence-electron chi connectivity index (χ2n) is 7.51. The van der Waals surface area contributed by atoms with Crippen LogP contribution in [-0.4, -0.2) is 49.6 Å². The molecule has 2 aromatic rings. The van der Waals surface area contributed by atoms with E-state index in [1.165, 1.54) is 19.3 Å². The van der Waals surface area contributed by atoms with Crippen LogP contribution in [0.25, 0.3) is 0 Å². The van der Waals surface area contributed by atoms with Crippen LogP contribution in [0.1, 0.15) is 19.3 Å². The summed E-state index contributed by atoms with van der Waals surface area (Å²) >= 11 is 5.96. The zero-order chi connectivity index (χ0) is 20.9. The number of carbonyl (C=O) groups excluding carboxylic acids is 2. The Morgan fingerprint density at radius 2 is 1.77 bits per heavy atom. The van der Waals surface area contributed by atoms with E-state index in [-0.39, 0.29) is 18.5 Å². The number of hydrogen-bond donors (Lipinski definition) is 2. The number of fused-ring (bicyclic) bond motifs is 1. The third-order valence-corrected chi connectivity index (χ3v) is 5.57. The fourth-order valence-corrected chi connectivity index (χ4v) is 4.00. The Bertz CT molecular complexity index is 930. The molecule has 7 nitrogen and oxygen atoms in total. The van der Waals surface area contributed by atoms with E-state index in [0.29, 0.717) is 34.4 Å². The Morgan fingerprint density at radius 3 is 2.53 bits per heavy atom. The number of ether oxygens (including phenoxy) is 1. The van der Waals surface area contributed by atoms with Gasteiger partial charge in [0.05, 0.1) is 5.69 Å². The van der Waals surface area contributed by atoms with Gasteiger partial charge in [0.2, 0.25) is 0 Å². The predicted octanol–water partition coefficient (Wildman–Crippen LogP) is 4.20. The lowest BCUT2D eigenvalue weighted by molar-refractivity contribution is -0.121. The Morgan fingerprint density at radius 1 is 1.00 bits per heavy atom. The number of benzene rings is 2. The highest BCUT2D eigenvalue weighted by atomic mass is 35.5. The van der Waals surface area contributed by atoms with Gasteiger partial charge in [-0.3, -0.25) is 4.79 Å². The summed E-state index contributed by atoms with van der Waals surface area (Å²) in [7, 11) is 0. The van der Waals surface area contributed by atoms with Crippen molar-refractivity contribution >= 4 is 40.6 Å². The van der Waals surface area contributed by atoms with Gasteiger partial charge in [0.25, 0.3) is 5.91 Å².